The first-order valence-electron chi connectivity index (χ1n) is 11.6. The third kappa shape index (κ3) is 3.89. The number of fused-ring (bicyclic) bond motifs is 4. The number of nitrogens with zero attached hydrogens (tertiary/aromatic N) is 2. The Labute approximate surface area is 172 Å². The minimum atomic E-state index is -0.0131. The quantitative estimate of drug-likeness (QED) is 0.849. The van der Waals surface area contributed by atoms with E-state index in [-0.39, 0.29) is 17.4 Å². The van der Waals surface area contributed by atoms with E-state index in [1.165, 1.54) is 12.8 Å². The Kier molecular flexibility index (Phi) is 5.48. The molecule has 1 saturated carbocycles. The summed E-state index contributed by atoms with van der Waals surface area (Å²) in [5.41, 5.74) is 1.60. The van der Waals surface area contributed by atoms with Gasteiger partial charge in [0.05, 0.1) is 0 Å². The lowest BCUT2D eigenvalue weighted by atomic mass is 9.82. The third-order valence-electron chi connectivity index (χ3n) is 7.57. The van der Waals surface area contributed by atoms with Gasteiger partial charge in [-0.25, -0.2) is 0 Å². The van der Waals surface area contributed by atoms with E-state index in [1.54, 1.807) is 0 Å². The van der Waals surface area contributed by atoms with Gasteiger partial charge in [-0.3, -0.25) is 14.5 Å². The minimum Gasteiger partial charge on any atom is -0.381 e. The van der Waals surface area contributed by atoms with Gasteiger partial charge in [0.25, 0.3) is 5.56 Å². The zero-order valence-corrected chi connectivity index (χ0v) is 17.3. The van der Waals surface area contributed by atoms with Gasteiger partial charge in [0, 0.05) is 56.4 Å². The molecule has 0 aromatic carbocycles. The zero-order chi connectivity index (χ0) is 19.8. The van der Waals surface area contributed by atoms with E-state index in [2.05, 4.69) is 16.3 Å². The Morgan fingerprint density at radius 3 is 2.59 bits per heavy atom. The molecule has 1 aliphatic carbocycles. The lowest BCUT2D eigenvalue weighted by molar-refractivity contribution is -0.120. The molecule has 2 atom stereocenters. The number of amides is 1. The van der Waals surface area contributed by atoms with Gasteiger partial charge in [0.1, 0.15) is 5.69 Å². The Morgan fingerprint density at radius 1 is 1.00 bits per heavy atom. The SMILES string of the molecule is O=C(Nc1ccc2n(c1=O)CC1CC2CN(C2CCOCC2)C1)C1CCCCC1. The van der Waals surface area contributed by atoms with Crippen LogP contribution in [0.25, 0.3) is 0 Å². The standard InChI is InChI=1S/C23H33N3O3/c27-22(17-4-2-1-3-5-17)24-20-6-7-21-18-12-16(14-26(21)23(20)28)13-25(15-18)19-8-10-29-11-9-19/h6-7,16-19H,1-5,8-15H2,(H,24,27). The monoisotopic (exact) mass is 399 g/mol. The fraction of sp³-hybridized carbons (Fsp3) is 0.739. The molecule has 0 radical (unpaired) electrons. The Morgan fingerprint density at radius 2 is 1.79 bits per heavy atom. The summed E-state index contributed by atoms with van der Waals surface area (Å²) in [6, 6.07) is 4.57. The van der Waals surface area contributed by atoms with Gasteiger partial charge in [0.2, 0.25) is 5.91 Å². The van der Waals surface area contributed by atoms with Gasteiger partial charge in [-0.1, -0.05) is 19.3 Å². The van der Waals surface area contributed by atoms with Crippen LogP contribution in [0.5, 0.6) is 0 Å². The van der Waals surface area contributed by atoms with Crippen LogP contribution < -0.4 is 10.9 Å². The summed E-state index contributed by atoms with van der Waals surface area (Å²) < 4.78 is 7.49. The van der Waals surface area contributed by atoms with Crippen molar-refractivity contribution >= 4 is 11.6 Å². The molecule has 3 fully saturated rings. The maximum Gasteiger partial charge on any atom is 0.274 e. The molecule has 29 heavy (non-hydrogen) atoms. The number of pyridine rings is 1. The summed E-state index contributed by atoms with van der Waals surface area (Å²) in [6.45, 7) is 4.63. The van der Waals surface area contributed by atoms with Gasteiger partial charge in [0.15, 0.2) is 0 Å². The van der Waals surface area contributed by atoms with Crippen LogP contribution >= 0.6 is 0 Å². The molecule has 1 amide bonds. The largest absolute Gasteiger partial charge is 0.381 e. The number of piperidine rings is 1. The number of aromatic nitrogens is 1. The van der Waals surface area contributed by atoms with Crippen LogP contribution in [0.15, 0.2) is 16.9 Å². The molecule has 2 saturated heterocycles. The van der Waals surface area contributed by atoms with Crippen molar-refractivity contribution in [3.8, 4) is 0 Å². The molecule has 2 unspecified atom stereocenters. The number of anilines is 1. The second kappa shape index (κ2) is 8.23. The predicted molar refractivity (Wildman–Crippen MR) is 112 cm³/mol. The zero-order valence-electron chi connectivity index (χ0n) is 17.3. The molecule has 1 N–H and O–H groups in total. The maximum atomic E-state index is 13.2. The molecule has 3 aliphatic heterocycles. The molecule has 5 rings (SSSR count). The minimum absolute atomic E-state index is 0.0131. The molecule has 1 aromatic rings. The first-order chi connectivity index (χ1) is 14.2. The van der Waals surface area contributed by atoms with Crippen LogP contribution in [0, 0.1) is 11.8 Å². The van der Waals surface area contributed by atoms with E-state index in [0.29, 0.717) is 23.6 Å². The Hall–Kier alpha value is -1.66. The van der Waals surface area contributed by atoms with E-state index < -0.39 is 0 Å². The number of hydrogen-bond donors (Lipinski definition) is 1. The van der Waals surface area contributed by atoms with Crippen molar-refractivity contribution in [1.29, 1.82) is 0 Å². The average Bonchev–Trinajstić information content (AvgIpc) is 2.77. The first-order valence-corrected chi connectivity index (χ1v) is 11.6. The van der Waals surface area contributed by atoms with E-state index in [9.17, 15) is 9.59 Å². The van der Waals surface area contributed by atoms with Crippen LogP contribution in [0.4, 0.5) is 5.69 Å². The van der Waals surface area contributed by atoms with Crippen LogP contribution in [0.1, 0.15) is 63.0 Å². The van der Waals surface area contributed by atoms with Crippen LogP contribution in [0.3, 0.4) is 0 Å². The summed E-state index contributed by atoms with van der Waals surface area (Å²) in [5, 5.41) is 2.96. The molecule has 158 valence electrons. The van der Waals surface area contributed by atoms with E-state index in [4.69, 9.17) is 4.74 Å². The molecule has 1 aromatic heterocycles. The van der Waals surface area contributed by atoms with Gasteiger partial charge >= 0.3 is 0 Å². The van der Waals surface area contributed by atoms with Crippen LogP contribution in [-0.2, 0) is 16.1 Å². The highest BCUT2D eigenvalue weighted by molar-refractivity contribution is 5.92. The number of nitrogens with one attached hydrogen (secondary N) is 1. The first kappa shape index (κ1) is 19.3. The smallest absolute Gasteiger partial charge is 0.274 e. The molecular weight excluding hydrogens is 366 g/mol. The number of hydrogen-bond acceptors (Lipinski definition) is 4. The van der Waals surface area contributed by atoms with E-state index in [0.717, 1.165) is 77.1 Å². The number of rotatable bonds is 3. The van der Waals surface area contributed by atoms with Gasteiger partial charge in [-0.15, -0.1) is 0 Å². The van der Waals surface area contributed by atoms with E-state index >= 15 is 0 Å². The molecule has 6 heteroatoms. The van der Waals surface area contributed by atoms with Crippen molar-refractivity contribution in [1.82, 2.24) is 9.47 Å². The molecule has 6 nitrogen and oxygen atoms in total. The van der Waals surface area contributed by atoms with Gasteiger partial charge in [-0.2, -0.15) is 0 Å². The fourth-order valence-electron chi connectivity index (χ4n) is 6.03. The highest BCUT2D eigenvalue weighted by Crippen LogP contribution is 2.37. The number of carbonyl (C=O) groups is 1. The highest BCUT2D eigenvalue weighted by atomic mass is 16.5. The van der Waals surface area contributed by atoms with Gasteiger partial charge < -0.3 is 14.6 Å². The summed E-state index contributed by atoms with van der Waals surface area (Å²) in [6.07, 6.45) is 8.78. The molecule has 4 aliphatic rings. The van der Waals surface area contributed by atoms with E-state index in [1.807, 2.05) is 10.6 Å². The summed E-state index contributed by atoms with van der Waals surface area (Å²) in [7, 11) is 0. The summed E-state index contributed by atoms with van der Waals surface area (Å²) in [5.74, 6) is 1.04. The highest BCUT2D eigenvalue weighted by Gasteiger charge is 2.37. The molecule has 0 spiro atoms. The van der Waals surface area contributed by atoms with Crippen LogP contribution in [-0.4, -0.2) is 47.7 Å². The lowest BCUT2D eigenvalue weighted by Crippen LogP contribution is -2.51. The molecule has 4 heterocycles. The topological polar surface area (TPSA) is 63.6 Å². The van der Waals surface area contributed by atoms with Crippen molar-refractivity contribution in [2.45, 2.75) is 69.9 Å². The Balaban J connectivity index is 1.33. The summed E-state index contributed by atoms with van der Waals surface area (Å²) >= 11 is 0. The second-order valence-corrected chi connectivity index (χ2v) is 9.51. The average molecular weight is 400 g/mol. The lowest BCUT2D eigenvalue weighted by Gasteiger charge is -2.46. The van der Waals surface area contributed by atoms with Crippen molar-refractivity contribution < 1.29 is 9.53 Å². The maximum absolute atomic E-state index is 13.2. The van der Waals surface area contributed by atoms with Crippen LogP contribution in [0.2, 0.25) is 0 Å². The second-order valence-electron chi connectivity index (χ2n) is 9.51. The Bertz CT molecular complexity index is 808. The normalized spacial score (nSPS) is 28.7. The van der Waals surface area contributed by atoms with Crippen molar-refractivity contribution in [2.24, 2.45) is 11.8 Å². The molecular formula is C23H33N3O3. The number of likely N-dealkylation sites (tertiary alicyclic amines) is 1. The fourth-order valence-corrected chi connectivity index (χ4v) is 6.03. The third-order valence-corrected chi connectivity index (χ3v) is 7.57. The summed E-state index contributed by atoms with van der Waals surface area (Å²) in [4.78, 5) is 28.4. The van der Waals surface area contributed by atoms with Crippen molar-refractivity contribution in [3.05, 3.63) is 28.2 Å². The number of ether oxygens (including phenoxy) is 1. The van der Waals surface area contributed by atoms with Crippen molar-refractivity contribution in [2.75, 3.05) is 31.6 Å². The van der Waals surface area contributed by atoms with Gasteiger partial charge in [-0.05, 0) is 50.2 Å². The van der Waals surface area contributed by atoms with Crippen molar-refractivity contribution in [3.63, 3.8) is 0 Å². The number of carbonyl (C=O) groups excluding carboxylic acids is 1. The molecule has 2 bridgehead atoms. The predicted octanol–water partition coefficient (Wildman–Crippen LogP) is 2.97.